The van der Waals surface area contributed by atoms with E-state index in [1.165, 1.54) is 0 Å². The Labute approximate surface area is 165 Å². The van der Waals surface area contributed by atoms with Gasteiger partial charge in [0.15, 0.2) is 17.5 Å². The van der Waals surface area contributed by atoms with E-state index in [1.807, 2.05) is 26.0 Å². The van der Waals surface area contributed by atoms with Gasteiger partial charge in [0.1, 0.15) is 0 Å². The molecule has 1 rings (SSSR count). The van der Waals surface area contributed by atoms with Crippen molar-refractivity contribution in [2.75, 3.05) is 39.9 Å². The van der Waals surface area contributed by atoms with Crippen LogP contribution in [0.25, 0.3) is 0 Å². The van der Waals surface area contributed by atoms with Crippen molar-refractivity contribution >= 4 is 5.96 Å². The molecule has 0 saturated carbocycles. The van der Waals surface area contributed by atoms with E-state index >= 15 is 0 Å². The fourth-order valence-electron chi connectivity index (χ4n) is 2.52. The van der Waals surface area contributed by atoms with Crippen molar-refractivity contribution in [2.45, 2.75) is 53.6 Å². The minimum absolute atomic E-state index is 0.0977. The first-order chi connectivity index (χ1) is 12.9. The van der Waals surface area contributed by atoms with Crippen LogP contribution < -0.4 is 20.1 Å². The molecule has 0 amide bonds. The predicted molar refractivity (Wildman–Crippen MR) is 114 cm³/mol. The van der Waals surface area contributed by atoms with Gasteiger partial charge in [-0.1, -0.05) is 6.07 Å². The molecule has 0 aliphatic heterocycles. The molecule has 0 aromatic heterocycles. The largest absolute Gasteiger partial charge is 0.490 e. The van der Waals surface area contributed by atoms with Crippen LogP contribution in [0.2, 0.25) is 0 Å². The third kappa shape index (κ3) is 8.08. The molecule has 1 unspecified atom stereocenters. The monoisotopic (exact) mass is 378 g/mol. The molecular formula is C21H38N4O2. The van der Waals surface area contributed by atoms with Gasteiger partial charge in [0.05, 0.1) is 25.8 Å². The van der Waals surface area contributed by atoms with Gasteiger partial charge in [-0.2, -0.15) is 0 Å². The molecule has 154 valence electrons. The van der Waals surface area contributed by atoms with Crippen LogP contribution in [-0.2, 0) is 0 Å². The van der Waals surface area contributed by atoms with Crippen LogP contribution in [0, 0.1) is 0 Å². The van der Waals surface area contributed by atoms with Crippen LogP contribution in [0.5, 0.6) is 11.5 Å². The number of rotatable bonds is 11. The minimum atomic E-state index is 0.0977. The number of ether oxygens (including phenoxy) is 2. The lowest BCUT2D eigenvalue weighted by molar-refractivity contribution is 0.282. The second-order valence-electron chi connectivity index (χ2n) is 6.77. The highest BCUT2D eigenvalue weighted by atomic mass is 16.5. The number of guanidine groups is 1. The molecule has 0 fully saturated rings. The fourth-order valence-corrected chi connectivity index (χ4v) is 2.52. The quantitative estimate of drug-likeness (QED) is 0.456. The van der Waals surface area contributed by atoms with Gasteiger partial charge in [0.2, 0.25) is 0 Å². The third-order valence-electron chi connectivity index (χ3n) is 4.37. The summed E-state index contributed by atoms with van der Waals surface area (Å²) in [6, 6.07) is 6.71. The second-order valence-corrected chi connectivity index (χ2v) is 6.77. The first-order valence-corrected chi connectivity index (χ1v) is 10.1. The molecule has 1 aromatic rings. The lowest BCUT2D eigenvalue weighted by atomic mass is 10.1. The highest BCUT2D eigenvalue weighted by Gasteiger charge is 2.12. The number of nitrogens with zero attached hydrogens (tertiary/aromatic N) is 2. The molecule has 6 nitrogen and oxygen atoms in total. The summed E-state index contributed by atoms with van der Waals surface area (Å²) in [7, 11) is 2.12. The van der Waals surface area contributed by atoms with Crippen LogP contribution in [-0.4, -0.2) is 56.8 Å². The smallest absolute Gasteiger partial charge is 0.191 e. The molecule has 0 heterocycles. The van der Waals surface area contributed by atoms with Gasteiger partial charge in [-0.3, -0.25) is 4.99 Å². The van der Waals surface area contributed by atoms with E-state index in [0.717, 1.165) is 42.7 Å². The van der Waals surface area contributed by atoms with Gasteiger partial charge in [0, 0.05) is 19.1 Å². The topological polar surface area (TPSA) is 58.1 Å². The highest BCUT2D eigenvalue weighted by Crippen LogP contribution is 2.30. The van der Waals surface area contributed by atoms with Crippen molar-refractivity contribution in [1.82, 2.24) is 15.5 Å². The van der Waals surface area contributed by atoms with E-state index in [9.17, 15) is 0 Å². The summed E-state index contributed by atoms with van der Waals surface area (Å²) in [5.74, 6) is 2.40. The van der Waals surface area contributed by atoms with Gasteiger partial charge in [-0.25, -0.2) is 0 Å². The lowest BCUT2D eigenvalue weighted by Crippen LogP contribution is -2.39. The predicted octanol–water partition coefficient (Wildman–Crippen LogP) is 3.44. The number of aliphatic imine (C=N–C) groups is 1. The van der Waals surface area contributed by atoms with Crippen LogP contribution in [0.4, 0.5) is 0 Å². The molecule has 0 radical (unpaired) electrons. The van der Waals surface area contributed by atoms with Gasteiger partial charge in [-0.05, 0) is 66.3 Å². The number of hydrogen-bond donors (Lipinski definition) is 2. The van der Waals surface area contributed by atoms with E-state index in [0.29, 0.717) is 19.3 Å². The van der Waals surface area contributed by atoms with E-state index in [1.54, 1.807) is 0 Å². The molecule has 1 aromatic carbocycles. The Bertz CT molecular complexity index is 575. The van der Waals surface area contributed by atoms with E-state index < -0.39 is 0 Å². The van der Waals surface area contributed by atoms with E-state index in [4.69, 9.17) is 14.5 Å². The summed E-state index contributed by atoms with van der Waals surface area (Å²) < 4.78 is 11.4. The maximum atomic E-state index is 5.74. The lowest BCUT2D eigenvalue weighted by Gasteiger charge is -2.22. The van der Waals surface area contributed by atoms with Crippen molar-refractivity contribution < 1.29 is 9.47 Å². The Balaban J connectivity index is 2.82. The molecule has 0 aliphatic carbocycles. The van der Waals surface area contributed by atoms with Gasteiger partial charge >= 0.3 is 0 Å². The SMILES string of the molecule is CCNC(=NCCN(C)C(C)C)NC(C)c1ccc(OCC)c(OCC)c1. The van der Waals surface area contributed by atoms with Crippen LogP contribution in [0.3, 0.4) is 0 Å². The van der Waals surface area contributed by atoms with E-state index in [-0.39, 0.29) is 6.04 Å². The Morgan fingerprint density at radius 3 is 2.33 bits per heavy atom. The molecule has 2 N–H and O–H groups in total. The zero-order valence-corrected chi connectivity index (χ0v) is 18.1. The average Bonchev–Trinajstić information content (AvgIpc) is 2.63. The first kappa shape index (κ1) is 23.1. The highest BCUT2D eigenvalue weighted by molar-refractivity contribution is 5.80. The molecule has 6 heteroatoms. The Morgan fingerprint density at radius 1 is 1.07 bits per heavy atom. The van der Waals surface area contributed by atoms with Crippen molar-refractivity contribution in [3.8, 4) is 11.5 Å². The summed E-state index contributed by atoms with van der Waals surface area (Å²) in [6.45, 7) is 16.3. The number of hydrogen-bond acceptors (Lipinski definition) is 4. The van der Waals surface area contributed by atoms with Crippen molar-refractivity contribution in [1.29, 1.82) is 0 Å². The third-order valence-corrected chi connectivity index (χ3v) is 4.37. The summed E-state index contributed by atoms with van der Waals surface area (Å²) in [6.07, 6.45) is 0. The average molecular weight is 379 g/mol. The van der Waals surface area contributed by atoms with E-state index in [2.05, 4.69) is 56.3 Å². The Kier molecular flexibility index (Phi) is 10.6. The van der Waals surface area contributed by atoms with Crippen molar-refractivity contribution in [2.24, 2.45) is 4.99 Å². The molecule has 0 aliphatic rings. The molecule has 1 atom stereocenters. The zero-order chi connectivity index (χ0) is 20.2. The standard InChI is InChI=1S/C21H38N4O2/c1-8-22-21(23-13-14-25(7)16(4)5)24-17(6)18-11-12-19(26-9-2)20(15-18)27-10-3/h11-12,15-17H,8-10,13-14H2,1-7H3,(H2,22,23,24). The fraction of sp³-hybridized carbons (Fsp3) is 0.667. The maximum absolute atomic E-state index is 5.74. The number of likely N-dealkylation sites (N-methyl/N-ethyl adjacent to an activating group) is 1. The zero-order valence-electron chi connectivity index (χ0n) is 18.1. The normalized spacial score (nSPS) is 13.0. The summed E-state index contributed by atoms with van der Waals surface area (Å²) in [5, 5.41) is 6.80. The maximum Gasteiger partial charge on any atom is 0.191 e. The van der Waals surface area contributed by atoms with Gasteiger partial charge < -0.3 is 25.0 Å². The Hall–Kier alpha value is -1.95. The van der Waals surface area contributed by atoms with Crippen molar-refractivity contribution in [3.63, 3.8) is 0 Å². The molecule has 27 heavy (non-hydrogen) atoms. The van der Waals surface area contributed by atoms with Crippen LogP contribution in [0.15, 0.2) is 23.2 Å². The van der Waals surface area contributed by atoms with Crippen LogP contribution in [0.1, 0.15) is 53.1 Å². The molecular weight excluding hydrogens is 340 g/mol. The summed E-state index contributed by atoms with van der Waals surface area (Å²) in [5.41, 5.74) is 1.13. The Morgan fingerprint density at radius 2 is 1.74 bits per heavy atom. The summed E-state index contributed by atoms with van der Waals surface area (Å²) >= 11 is 0. The molecule has 0 spiro atoms. The van der Waals surface area contributed by atoms with Crippen molar-refractivity contribution in [3.05, 3.63) is 23.8 Å². The first-order valence-electron chi connectivity index (χ1n) is 10.1. The second kappa shape index (κ2) is 12.4. The van der Waals surface area contributed by atoms with Gasteiger partial charge in [0.25, 0.3) is 0 Å². The molecule has 0 saturated heterocycles. The number of nitrogens with one attached hydrogen (secondary N) is 2. The molecule has 0 bridgehead atoms. The van der Waals surface area contributed by atoms with Gasteiger partial charge in [-0.15, -0.1) is 0 Å². The summed E-state index contributed by atoms with van der Waals surface area (Å²) in [4.78, 5) is 6.99. The number of benzene rings is 1. The van der Waals surface area contributed by atoms with Crippen LogP contribution >= 0.6 is 0 Å². The minimum Gasteiger partial charge on any atom is -0.490 e.